The first kappa shape index (κ1) is 22.8. The van der Waals surface area contributed by atoms with Crippen molar-refractivity contribution in [2.45, 2.75) is 13.3 Å². The maximum atomic E-state index is 12.7. The Labute approximate surface area is 172 Å². The smallest absolute Gasteiger partial charge is 0.318 e. The zero-order valence-corrected chi connectivity index (χ0v) is 16.7. The van der Waals surface area contributed by atoms with E-state index in [2.05, 4.69) is 14.7 Å². The number of anilines is 2. The van der Waals surface area contributed by atoms with Crippen LogP contribution >= 0.6 is 0 Å². The Balaban J connectivity index is 2.07. The largest absolute Gasteiger partial charge is 0.466 e. The summed E-state index contributed by atoms with van der Waals surface area (Å²) in [6.07, 6.45) is -1.04. The van der Waals surface area contributed by atoms with Gasteiger partial charge in [-0.3, -0.25) is 9.80 Å². The molecule has 0 radical (unpaired) electrons. The van der Waals surface area contributed by atoms with Crippen LogP contribution in [0.1, 0.15) is 18.9 Å². The average Bonchev–Trinajstić information content (AvgIpc) is 2.74. The Hall–Kier alpha value is -3.47. The summed E-state index contributed by atoms with van der Waals surface area (Å²) < 4.78 is 35.8. The number of aromatic nitrogens is 2. The van der Waals surface area contributed by atoms with Crippen molar-refractivity contribution in [2.24, 2.45) is 11.6 Å². The molecule has 0 unspecified atom stereocenters. The molecule has 1 aromatic heterocycles. The molecule has 0 atom stereocenters. The number of carbonyl (C=O) groups is 1. The van der Waals surface area contributed by atoms with Gasteiger partial charge in [0.2, 0.25) is 0 Å². The third-order valence-electron chi connectivity index (χ3n) is 4.13. The van der Waals surface area contributed by atoms with E-state index < -0.39 is 6.43 Å². The molecule has 0 amide bonds. The fourth-order valence-corrected chi connectivity index (χ4v) is 2.41. The summed E-state index contributed by atoms with van der Waals surface area (Å²) in [6.45, 7) is 2.63. The minimum atomic E-state index is -2.56. The second kappa shape index (κ2) is 10.9. The number of allylic oxidation sites excluding steroid dienone is 1. The van der Waals surface area contributed by atoms with Crippen molar-refractivity contribution in [1.82, 2.24) is 9.97 Å². The molecule has 9 nitrogen and oxygen atoms in total. The highest BCUT2D eigenvalue weighted by atomic mass is 19.3. The molecule has 30 heavy (non-hydrogen) atoms. The lowest BCUT2D eigenvalue weighted by Gasteiger charge is -2.23. The normalized spacial score (nSPS) is 11.7. The summed E-state index contributed by atoms with van der Waals surface area (Å²) in [6, 6.07) is 7.30. The van der Waals surface area contributed by atoms with Gasteiger partial charge in [0.25, 0.3) is 12.9 Å². The maximum Gasteiger partial charge on any atom is 0.318 e. The third kappa shape index (κ3) is 6.27. The molecular weight excluding hydrogens is 398 g/mol. The molecule has 0 aliphatic carbocycles. The number of hydrogen-bond donors (Lipinski definition) is 2. The van der Waals surface area contributed by atoms with E-state index in [4.69, 9.17) is 16.3 Å². The number of halogens is 2. The fraction of sp³-hybridized carbons (Fsp3) is 0.316. The van der Waals surface area contributed by atoms with Crippen molar-refractivity contribution in [2.75, 3.05) is 36.7 Å². The number of benzene rings is 1. The van der Waals surface area contributed by atoms with Crippen LogP contribution in [-0.4, -0.2) is 43.2 Å². The highest BCUT2D eigenvalue weighted by Gasteiger charge is 2.14. The molecular formula is C19H24F2N6O3. The van der Waals surface area contributed by atoms with Crippen LogP contribution in [0.2, 0.25) is 0 Å². The zero-order valence-electron chi connectivity index (χ0n) is 16.7. The van der Waals surface area contributed by atoms with Crippen molar-refractivity contribution in [3.05, 3.63) is 53.5 Å². The monoisotopic (exact) mass is 422 g/mol. The second-order valence-corrected chi connectivity index (χ2v) is 6.27. The van der Waals surface area contributed by atoms with Gasteiger partial charge in [0.1, 0.15) is 19.0 Å². The number of carbonyl (C=O) groups excluding carboxylic acids is 1. The van der Waals surface area contributed by atoms with Gasteiger partial charge in [0, 0.05) is 24.5 Å². The molecule has 2 rings (SSSR count). The van der Waals surface area contributed by atoms with Crippen LogP contribution in [0.3, 0.4) is 0 Å². The van der Waals surface area contributed by atoms with E-state index in [-0.39, 0.29) is 24.8 Å². The topological polar surface area (TPSA) is 120 Å². The average molecular weight is 422 g/mol. The van der Waals surface area contributed by atoms with E-state index in [1.54, 1.807) is 24.9 Å². The summed E-state index contributed by atoms with van der Waals surface area (Å²) >= 11 is 0. The SMILES string of the molecule is C/C(N)=C(\COc1nccc(N(C)CCOC=O)n1)N(N)c1ccc(C(F)F)cc1. The van der Waals surface area contributed by atoms with E-state index in [0.29, 0.717) is 35.9 Å². The quantitative estimate of drug-likeness (QED) is 0.242. The molecule has 0 aliphatic heterocycles. The fourth-order valence-electron chi connectivity index (χ4n) is 2.41. The minimum absolute atomic E-state index is 0.0448. The highest BCUT2D eigenvalue weighted by molar-refractivity contribution is 5.52. The molecule has 4 N–H and O–H groups in total. The van der Waals surface area contributed by atoms with Crippen molar-refractivity contribution < 1.29 is 23.0 Å². The molecule has 162 valence electrons. The molecule has 0 bridgehead atoms. The minimum Gasteiger partial charge on any atom is -0.466 e. The highest BCUT2D eigenvalue weighted by Crippen LogP contribution is 2.23. The first-order valence-corrected chi connectivity index (χ1v) is 8.94. The number of rotatable bonds is 11. The lowest BCUT2D eigenvalue weighted by atomic mass is 10.2. The standard InChI is InChI=1S/C19H24F2N6O3/c1-13(22)16(27(23)15-5-3-14(4-6-15)18(20)21)11-30-19-24-8-7-17(25-19)26(2)9-10-29-12-28/h3-8,12,18H,9-11,22-23H2,1-2H3/b16-13-. The molecule has 1 aromatic carbocycles. The summed E-state index contributed by atoms with van der Waals surface area (Å²) in [4.78, 5) is 20.4. The first-order valence-electron chi connectivity index (χ1n) is 8.94. The van der Waals surface area contributed by atoms with E-state index in [9.17, 15) is 13.6 Å². The Morgan fingerprint density at radius 2 is 1.97 bits per heavy atom. The number of ether oxygens (including phenoxy) is 2. The van der Waals surface area contributed by atoms with E-state index in [1.807, 2.05) is 0 Å². The Morgan fingerprint density at radius 1 is 1.27 bits per heavy atom. The van der Waals surface area contributed by atoms with Crippen molar-refractivity contribution in [1.29, 1.82) is 0 Å². The molecule has 0 saturated carbocycles. The van der Waals surface area contributed by atoms with Crippen molar-refractivity contribution >= 4 is 18.0 Å². The summed E-state index contributed by atoms with van der Waals surface area (Å²) in [5.41, 5.74) is 7.09. The number of hydrazine groups is 1. The molecule has 0 spiro atoms. The van der Waals surface area contributed by atoms with Crippen LogP contribution in [0.15, 0.2) is 47.9 Å². The van der Waals surface area contributed by atoms with Gasteiger partial charge in [0.15, 0.2) is 0 Å². The Morgan fingerprint density at radius 3 is 2.57 bits per heavy atom. The van der Waals surface area contributed by atoms with Crippen LogP contribution in [0.4, 0.5) is 20.3 Å². The predicted molar refractivity (Wildman–Crippen MR) is 108 cm³/mol. The number of hydrogen-bond acceptors (Lipinski definition) is 9. The molecule has 0 saturated heterocycles. The predicted octanol–water partition coefficient (Wildman–Crippen LogP) is 1.97. The Bertz CT molecular complexity index is 860. The molecule has 11 heteroatoms. The summed E-state index contributed by atoms with van der Waals surface area (Å²) in [5.74, 6) is 6.68. The van der Waals surface area contributed by atoms with Gasteiger partial charge in [-0.05, 0) is 25.1 Å². The van der Waals surface area contributed by atoms with Crippen LogP contribution < -0.4 is 26.2 Å². The van der Waals surface area contributed by atoms with Gasteiger partial charge in [-0.15, -0.1) is 0 Å². The van der Waals surface area contributed by atoms with E-state index >= 15 is 0 Å². The van der Waals surface area contributed by atoms with Crippen molar-refractivity contribution in [3.63, 3.8) is 0 Å². The van der Waals surface area contributed by atoms with E-state index in [0.717, 1.165) is 0 Å². The Kier molecular flexibility index (Phi) is 8.29. The van der Waals surface area contributed by atoms with Crippen LogP contribution in [0, 0.1) is 0 Å². The van der Waals surface area contributed by atoms with Crippen LogP contribution in [0.25, 0.3) is 0 Å². The molecule has 0 fully saturated rings. The second-order valence-electron chi connectivity index (χ2n) is 6.27. The molecule has 2 aromatic rings. The summed E-state index contributed by atoms with van der Waals surface area (Å²) in [7, 11) is 1.78. The van der Waals surface area contributed by atoms with Gasteiger partial charge in [-0.1, -0.05) is 12.1 Å². The number of nitrogens with zero attached hydrogens (tertiary/aromatic N) is 4. The van der Waals surface area contributed by atoms with Gasteiger partial charge in [-0.2, -0.15) is 4.98 Å². The van der Waals surface area contributed by atoms with Crippen LogP contribution in [-0.2, 0) is 9.53 Å². The number of likely N-dealkylation sites (N-methyl/N-ethyl adjacent to an activating group) is 1. The van der Waals surface area contributed by atoms with Crippen molar-refractivity contribution in [3.8, 4) is 6.01 Å². The number of alkyl halides is 2. The zero-order chi connectivity index (χ0) is 22.1. The third-order valence-corrected chi connectivity index (χ3v) is 4.13. The van der Waals surface area contributed by atoms with Gasteiger partial charge in [0.05, 0.1) is 17.9 Å². The first-order chi connectivity index (χ1) is 14.3. The van der Waals surface area contributed by atoms with Gasteiger partial charge < -0.3 is 20.1 Å². The van der Waals surface area contributed by atoms with Gasteiger partial charge in [-0.25, -0.2) is 19.6 Å². The van der Waals surface area contributed by atoms with Crippen LogP contribution in [0.5, 0.6) is 6.01 Å². The summed E-state index contributed by atoms with van der Waals surface area (Å²) in [5, 5.41) is 1.26. The molecule has 1 heterocycles. The maximum absolute atomic E-state index is 12.7. The van der Waals surface area contributed by atoms with E-state index in [1.165, 1.54) is 35.5 Å². The number of nitrogens with two attached hydrogens (primary N) is 2. The van der Waals surface area contributed by atoms with Gasteiger partial charge >= 0.3 is 6.01 Å². The lowest BCUT2D eigenvalue weighted by Crippen LogP contribution is -2.35. The molecule has 0 aliphatic rings. The lowest BCUT2D eigenvalue weighted by molar-refractivity contribution is -0.128.